The van der Waals surface area contributed by atoms with Crippen molar-refractivity contribution in [3.05, 3.63) is 59.8 Å². The first kappa shape index (κ1) is 21.7. The third kappa shape index (κ3) is 5.37. The fraction of sp³-hybridized carbons (Fsp3) is 0.238. The minimum absolute atomic E-state index is 0.0592. The number of pyridine rings is 1. The topological polar surface area (TPSA) is 138 Å². The predicted octanol–water partition coefficient (Wildman–Crippen LogP) is 2.20. The molecule has 11 heteroatoms. The summed E-state index contributed by atoms with van der Waals surface area (Å²) in [7, 11) is -3.66. The Balaban J connectivity index is 1.28. The summed E-state index contributed by atoms with van der Waals surface area (Å²) in [6.45, 7) is 2.48. The Hall–Kier alpha value is -3.57. The molecule has 3 aromatic rings. The number of aromatic nitrogens is 3. The van der Waals surface area contributed by atoms with Crippen LogP contribution in [-0.2, 0) is 21.2 Å². The minimum atomic E-state index is -3.66. The first-order valence-corrected chi connectivity index (χ1v) is 11.6. The van der Waals surface area contributed by atoms with Gasteiger partial charge in [0.05, 0.1) is 4.90 Å². The molecule has 32 heavy (non-hydrogen) atoms. The van der Waals surface area contributed by atoms with Gasteiger partial charge in [-0.15, -0.1) is 10.2 Å². The molecule has 0 aliphatic carbocycles. The monoisotopic (exact) mass is 453 g/mol. The summed E-state index contributed by atoms with van der Waals surface area (Å²) < 4.78 is 27.7. The zero-order valence-electron chi connectivity index (χ0n) is 17.4. The molecule has 2 aromatic heterocycles. The Morgan fingerprint density at radius 1 is 0.969 bits per heavy atom. The van der Waals surface area contributed by atoms with Crippen LogP contribution in [-0.4, -0.2) is 42.6 Å². The van der Waals surface area contributed by atoms with Crippen molar-refractivity contribution >= 4 is 39.1 Å². The maximum atomic E-state index is 12.6. The summed E-state index contributed by atoms with van der Waals surface area (Å²) in [5.74, 6) is 1.70. The number of fused-ring (bicyclic) bond motifs is 1. The largest absolute Gasteiger partial charge is 0.367 e. The van der Waals surface area contributed by atoms with Crippen molar-refractivity contribution in [2.75, 3.05) is 29.0 Å². The van der Waals surface area contributed by atoms with E-state index in [4.69, 9.17) is 0 Å². The highest BCUT2D eigenvalue weighted by Gasteiger charge is 2.19. The van der Waals surface area contributed by atoms with Gasteiger partial charge in [-0.1, -0.05) is 0 Å². The van der Waals surface area contributed by atoms with Gasteiger partial charge in [0.2, 0.25) is 15.9 Å². The molecule has 1 aromatic carbocycles. The minimum Gasteiger partial charge on any atom is -0.367 e. The van der Waals surface area contributed by atoms with Gasteiger partial charge in [-0.25, -0.2) is 18.1 Å². The molecule has 0 radical (unpaired) electrons. The summed E-state index contributed by atoms with van der Waals surface area (Å²) in [5, 5.41) is 17.0. The van der Waals surface area contributed by atoms with Crippen LogP contribution < -0.4 is 20.7 Å². The van der Waals surface area contributed by atoms with E-state index in [2.05, 4.69) is 35.9 Å². The van der Waals surface area contributed by atoms with Crippen LogP contribution in [0.2, 0.25) is 0 Å². The molecule has 4 N–H and O–H groups in total. The van der Waals surface area contributed by atoms with Gasteiger partial charge in [0, 0.05) is 31.4 Å². The van der Waals surface area contributed by atoms with Crippen molar-refractivity contribution in [3.8, 4) is 0 Å². The van der Waals surface area contributed by atoms with Crippen molar-refractivity contribution in [2.24, 2.45) is 0 Å². The molecule has 1 aliphatic rings. The molecule has 1 aliphatic heterocycles. The molecule has 4 rings (SSSR count). The first-order valence-electron chi connectivity index (χ1n) is 10.1. The molecule has 10 nitrogen and oxygen atoms in total. The van der Waals surface area contributed by atoms with Crippen LogP contribution in [0, 0.1) is 6.92 Å². The number of anilines is 4. The molecule has 1 amide bonds. The number of hydrogen-bond donors (Lipinski definition) is 4. The predicted molar refractivity (Wildman–Crippen MR) is 121 cm³/mol. The summed E-state index contributed by atoms with van der Waals surface area (Å²) in [4.78, 5) is 15.8. The lowest BCUT2D eigenvalue weighted by Crippen LogP contribution is -2.29. The number of aryl methyl sites for hydroxylation is 2. The third-order valence-electron chi connectivity index (χ3n) is 4.84. The maximum Gasteiger partial charge on any atom is 0.240 e. The van der Waals surface area contributed by atoms with Crippen LogP contribution in [0.25, 0.3) is 0 Å². The Morgan fingerprint density at radius 2 is 1.78 bits per heavy atom. The Labute approximate surface area is 185 Å². The first-order chi connectivity index (χ1) is 15.4. The van der Waals surface area contributed by atoms with E-state index in [1.807, 2.05) is 19.1 Å². The highest BCUT2D eigenvalue weighted by molar-refractivity contribution is 7.89. The Morgan fingerprint density at radius 3 is 2.56 bits per heavy atom. The van der Waals surface area contributed by atoms with Crippen molar-refractivity contribution in [1.29, 1.82) is 0 Å². The van der Waals surface area contributed by atoms with Gasteiger partial charge >= 0.3 is 0 Å². The van der Waals surface area contributed by atoms with Crippen LogP contribution in [0.4, 0.5) is 23.1 Å². The summed E-state index contributed by atoms with van der Waals surface area (Å²) in [6, 6.07) is 12.0. The molecule has 0 bridgehead atoms. The fourth-order valence-corrected chi connectivity index (χ4v) is 4.30. The molecular weight excluding hydrogens is 430 g/mol. The molecule has 0 saturated heterocycles. The SMILES string of the molecule is Cc1ccnc(Nc2ccc(NCCNS(=O)(=O)c3ccc4c(c3)CCC(=O)N4)nn2)c1. The van der Waals surface area contributed by atoms with E-state index in [1.165, 1.54) is 6.07 Å². The van der Waals surface area contributed by atoms with E-state index in [1.54, 1.807) is 30.5 Å². The highest BCUT2D eigenvalue weighted by Crippen LogP contribution is 2.25. The summed E-state index contributed by atoms with van der Waals surface area (Å²) in [6.07, 6.45) is 2.59. The van der Waals surface area contributed by atoms with Gasteiger partial charge in [-0.3, -0.25) is 4.79 Å². The molecular formula is C21H23N7O3S. The summed E-state index contributed by atoms with van der Waals surface area (Å²) in [5.41, 5.74) is 2.56. The van der Waals surface area contributed by atoms with Gasteiger partial charge in [-0.2, -0.15) is 0 Å². The van der Waals surface area contributed by atoms with Gasteiger partial charge in [0.25, 0.3) is 0 Å². The van der Waals surface area contributed by atoms with E-state index in [0.717, 1.165) is 11.1 Å². The normalized spacial score (nSPS) is 13.2. The third-order valence-corrected chi connectivity index (χ3v) is 6.30. The average molecular weight is 454 g/mol. The lowest BCUT2D eigenvalue weighted by molar-refractivity contribution is -0.116. The van der Waals surface area contributed by atoms with Gasteiger partial charge < -0.3 is 16.0 Å². The van der Waals surface area contributed by atoms with Crippen LogP contribution in [0.3, 0.4) is 0 Å². The lowest BCUT2D eigenvalue weighted by Gasteiger charge is -2.17. The number of sulfonamides is 1. The number of carbonyl (C=O) groups is 1. The van der Waals surface area contributed by atoms with Crippen molar-refractivity contribution in [2.45, 2.75) is 24.7 Å². The second kappa shape index (κ2) is 9.28. The number of hydrogen-bond acceptors (Lipinski definition) is 8. The van der Waals surface area contributed by atoms with Gasteiger partial charge in [0.15, 0.2) is 5.82 Å². The molecule has 0 saturated carbocycles. The molecule has 0 atom stereocenters. The smallest absolute Gasteiger partial charge is 0.240 e. The van der Waals surface area contributed by atoms with E-state index in [9.17, 15) is 13.2 Å². The highest BCUT2D eigenvalue weighted by atomic mass is 32.2. The van der Waals surface area contributed by atoms with Crippen LogP contribution in [0.15, 0.2) is 53.6 Å². The fourth-order valence-electron chi connectivity index (χ4n) is 3.22. The number of nitrogens with one attached hydrogen (secondary N) is 4. The number of rotatable bonds is 8. The van der Waals surface area contributed by atoms with Crippen LogP contribution in [0.1, 0.15) is 17.5 Å². The quantitative estimate of drug-likeness (QED) is 0.381. The van der Waals surface area contributed by atoms with E-state index >= 15 is 0 Å². The van der Waals surface area contributed by atoms with Crippen LogP contribution >= 0.6 is 0 Å². The van der Waals surface area contributed by atoms with Crippen molar-refractivity contribution < 1.29 is 13.2 Å². The number of nitrogens with zero attached hydrogens (tertiary/aromatic N) is 3. The number of carbonyl (C=O) groups excluding carboxylic acids is 1. The number of benzene rings is 1. The molecule has 0 unspecified atom stereocenters. The lowest BCUT2D eigenvalue weighted by atomic mass is 10.0. The second-order valence-electron chi connectivity index (χ2n) is 7.34. The Bertz CT molecular complexity index is 1230. The second-order valence-corrected chi connectivity index (χ2v) is 9.11. The molecule has 0 spiro atoms. The molecule has 0 fully saturated rings. The number of amides is 1. The molecule has 3 heterocycles. The summed E-state index contributed by atoms with van der Waals surface area (Å²) >= 11 is 0. The zero-order chi connectivity index (χ0) is 22.6. The Kier molecular flexibility index (Phi) is 6.28. The standard InChI is InChI=1S/C21H23N7O3S/c1-14-8-9-22-20(12-14)26-19-6-5-18(27-28-19)23-10-11-24-32(30,31)16-3-4-17-15(13-16)2-7-21(29)25-17/h3-6,8-9,12-13,24H,2,7,10-11H2,1H3,(H,23,27)(H,25,29)(H,22,26,28). The molecule has 166 valence electrons. The van der Waals surface area contributed by atoms with Gasteiger partial charge in [0.1, 0.15) is 11.6 Å². The van der Waals surface area contributed by atoms with Gasteiger partial charge in [-0.05, 0) is 66.9 Å². The van der Waals surface area contributed by atoms with E-state index < -0.39 is 10.0 Å². The van der Waals surface area contributed by atoms with Crippen LogP contribution in [0.5, 0.6) is 0 Å². The van der Waals surface area contributed by atoms with Crippen molar-refractivity contribution in [1.82, 2.24) is 19.9 Å². The van der Waals surface area contributed by atoms with Crippen molar-refractivity contribution in [3.63, 3.8) is 0 Å². The average Bonchev–Trinajstić information content (AvgIpc) is 2.77. The zero-order valence-corrected chi connectivity index (χ0v) is 18.2. The maximum absolute atomic E-state index is 12.6. The van der Waals surface area contributed by atoms with E-state index in [0.29, 0.717) is 42.5 Å². The van der Waals surface area contributed by atoms with E-state index in [-0.39, 0.29) is 17.3 Å².